The number of nitro benzene ring substituents is 1. The van der Waals surface area contributed by atoms with Crippen molar-refractivity contribution in [2.75, 3.05) is 0 Å². The molecule has 4 rings (SSSR count). The minimum Gasteiger partial charge on any atom is -0.507 e. The zero-order chi connectivity index (χ0) is 20.4. The van der Waals surface area contributed by atoms with Gasteiger partial charge in [-0.25, -0.2) is 4.98 Å². The lowest BCUT2D eigenvalue weighted by Crippen LogP contribution is -2.22. The number of benzene rings is 3. The van der Waals surface area contributed by atoms with Crippen molar-refractivity contribution in [1.29, 1.82) is 0 Å². The summed E-state index contributed by atoms with van der Waals surface area (Å²) < 4.78 is 1.54. The van der Waals surface area contributed by atoms with Crippen molar-refractivity contribution < 1.29 is 10.0 Å². The summed E-state index contributed by atoms with van der Waals surface area (Å²) in [5, 5.41) is 21.3. The SMILES string of the molecule is O=c1c(C=C(O)c2ccc([N+](=O)[O-])cc2)nc2ccccc2n1-c1ccccc1. The number of aromatic nitrogens is 2. The van der Waals surface area contributed by atoms with Crippen molar-refractivity contribution in [2.24, 2.45) is 0 Å². The van der Waals surface area contributed by atoms with Crippen molar-refractivity contribution in [3.05, 3.63) is 111 Å². The van der Waals surface area contributed by atoms with Gasteiger partial charge >= 0.3 is 0 Å². The number of aliphatic hydroxyl groups is 1. The highest BCUT2D eigenvalue weighted by atomic mass is 16.6. The van der Waals surface area contributed by atoms with E-state index in [1.807, 2.05) is 42.5 Å². The van der Waals surface area contributed by atoms with Crippen LogP contribution in [0.1, 0.15) is 11.3 Å². The molecular formula is C22H15N3O4. The fourth-order valence-electron chi connectivity index (χ4n) is 3.04. The van der Waals surface area contributed by atoms with Crippen LogP contribution in [0.25, 0.3) is 28.6 Å². The molecule has 0 spiro atoms. The van der Waals surface area contributed by atoms with E-state index in [9.17, 15) is 20.0 Å². The summed E-state index contributed by atoms with van der Waals surface area (Å²) in [6.45, 7) is 0. The molecule has 7 nitrogen and oxygen atoms in total. The molecule has 3 aromatic carbocycles. The second-order valence-electron chi connectivity index (χ2n) is 6.30. The monoisotopic (exact) mass is 385 g/mol. The van der Waals surface area contributed by atoms with Crippen molar-refractivity contribution in [2.45, 2.75) is 0 Å². The lowest BCUT2D eigenvalue weighted by Gasteiger charge is -2.11. The molecular weight excluding hydrogens is 370 g/mol. The maximum absolute atomic E-state index is 13.1. The Labute approximate surface area is 165 Å². The van der Waals surface area contributed by atoms with Gasteiger partial charge in [-0.15, -0.1) is 0 Å². The average molecular weight is 385 g/mol. The fraction of sp³-hybridized carbons (Fsp3) is 0. The van der Waals surface area contributed by atoms with Gasteiger partial charge in [-0.05, 0) is 36.4 Å². The molecule has 0 aliphatic heterocycles. The Balaban J connectivity index is 1.88. The predicted octanol–water partition coefficient (Wildman–Crippen LogP) is 4.35. The molecule has 0 atom stereocenters. The molecule has 0 bridgehead atoms. The third kappa shape index (κ3) is 3.49. The summed E-state index contributed by atoms with van der Waals surface area (Å²) in [5.74, 6) is -0.209. The van der Waals surface area contributed by atoms with Crippen molar-refractivity contribution in [1.82, 2.24) is 9.55 Å². The Kier molecular flexibility index (Phi) is 4.62. The van der Waals surface area contributed by atoms with E-state index in [2.05, 4.69) is 4.98 Å². The van der Waals surface area contributed by atoms with Gasteiger partial charge in [-0.1, -0.05) is 30.3 Å². The van der Waals surface area contributed by atoms with Gasteiger partial charge in [0.1, 0.15) is 11.5 Å². The highest BCUT2D eigenvalue weighted by molar-refractivity contribution is 5.81. The molecule has 1 N–H and O–H groups in total. The maximum atomic E-state index is 13.1. The molecule has 0 aliphatic carbocycles. The molecule has 0 saturated heterocycles. The Morgan fingerprint density at radius 1 is 0.966 bits per heavy atom. The molecule has 0 amide bonds. The second kappa shape index (κ2) is 7.40. The van der Waals surface area contributed by atoms with Crippen LogP contribution in [0.4, 0.5) is 5.69 Å². The third-order valence-corrected chi connectivity index (χ3v) is 4.45. The number of aliphatic hydroxyl groups excluding tert-OH is 1. The summed E-state index contributed by atoms with van der Waals surface area (Å²) >= 11 is 0. The molecule has 0 saturated carbocycles. The number of non-ortho nitro benzene ring substituents is 1. The Hall–Kier alpha value is -4.26. The molecule has 7 heteroatoms. The van der Waals surface area contributed by atoms with E-state index in [4.69, 9.17) is 0 Å². The first-order valence-corrected chi connectivity index (χ1v) is 8.77. The summed E-state index contributed by atoms with van der Waals surface area (Å²) in [6, 6.07) is 21.8. The highest BCUT2D eigenvalue weighted by Gasteiger charge is 2.13. The third-order valence-electron chi connectivity index (χ3n) is 4.45. The van der Waals surface area contributed by atoms with Crippen LogP contribution in [0, 0.1) is 10.1 Å². The molecule has 0 radical (unpaired) electrons. The first kappa shape index (κ1) is 18.1. The van der Waals surface area contributed by atoms with Crippen LogP contribution < -0.4 is 5.56 Å². The van der Waals surface area contributed by atoms with E-state index in [0.29, 0.717) is 22.3 Å². The summed E-state index contributed by atoms with van der Waals surface area (Å²) in [4.78, 5) is 27.8. The second-order valence-corrected chi connectivity index (χ2v) is 6.30. The molecule has 0 aliphatic rings. The molecule has 1 aromatic heterocycles. The zero-order valence-corrected chi connectivity index (χ0v) is 15.1. The Morgan fingerprint density at radius 3 is 2.31 bits per heavy atom. The maximum Gasteiger partial charge on any atom is 0.281 e. The number of hydrogen-bond donors (Lipinski definition) is 1. The van der Waals surface area contributed by atoms with Gasteiger partial charge in [-0.2, -0.15) is 0 Å². The van der Waals surface area contributed by atoms with Crippen molar-refractivity contribution in [3.63, 3.8) is 0 Å². The fourth-order valence-corrected chi connectivity index (χ4v) is 3.04. The molecule has 1 heterocycles. The highest BCUT2D eigenvalue weighted by Crippen LogP contribution is 2.20. The normalized spacial score (nSPS) is 11.5. The van der Waals surface area contributed by atoms with Gasteiger partial charge < -0.3 is 5.11 Å². The van der Waals surface area contributed by atoms with Crippen LogP contribution in [-0.4, -0.2) is 19.6 Å². The van der Waals surface area contributed by atoms with Crippen LogP contribution in [0.5, 0.6) is 0 Å². The van der Waals surface area contributed by atoms with Crippen molar-refractivity contribution in [3.8, 4) is 5.69 Å². The van der Waals surface area contributed by atoms with E-state index in [-0.39, 0.29) is 22.7 Å². The van der Waals surface area contributed by atoms with E-state index < -0.39 is 4.92 Å². The van der Waals surface area contributed by atoms with E-state index in [1.165, 1.54) is 34.9 Å². The smallest absolute Gasteiger partial charge is 0.281 e. The molecule has 29 heavy (non-hydrogen) atoms. The quantitative estimate of drug-likeness (QED) is 0.320. The number of fused-ring (bicyclic) bond motifs is 1. The topological polar surface area (TPSA) is 98.3 Å². The van der Waals surface area contributed by atoms with Gasteiger partial charge in [0.25, 0.3) is 11.2 Å². The van der Waals surface area contributed by atoms with Gasteiger partial charge in [0, 0.05) is 29.5 Å². The lowest BCUT2D eigenvalue weighted by atomic mass is 10.1. The standard InChI is InChI=1S/C22H15N3O4/c26-21(15-10-12-17(13-11-15)25(28)29)14-19-22(27)24(16-6-2-1-3-7-16)20-9-5-4-8-18(20)23-19/h1-14,26H. The zero-order valence-electron chi connectivity index (χ0n) is 15.1. The number of rotatable bonds is 4. The van der Waals surface area contributed by atoms with Crippen LogP contribution in [0.3, 0.4) is 0 Å². The van der Waals surface area contributed by atoms with Gasteiger partial charge in [0.05, 0.1) is 16.0 Å². The molecule has 0 unspecified atom stereocenters. The Bertz CT molecular complexity index is 1290. The first-order valence-electron chi connectivity index (χ1n) is 8.77. The van der Waals surface area contributed by atoms with Crippen LogP contribution in [0.15, 0.2) is 83.7 Å². The molecule has 4 aromatic rings. The summed E-state index contributed by atoms with van der Waals surface area (Å²) in [7, 11) is 0. The van der Waals surface area contributed by atoms with E-state index >= 15 is 0 Å². The number of nitrogens with zero attached hydrogens (tertiary/aromatic N) is 3. The largest absolute Gasteiger partial charge is 0.507 e. The predicted molar refractivity (Wildman–Crippen MR) is 111 cm³/mol. The first-order chi connectivity index (χ1) is 14.0. The van der Waals surface area contributed by atoms with Crippen LogP contribution in [-0.2, 0) is 0 Å². The number of hydrogen-bond acceptors (Lipinski definition) is 5. The number of para-hydroxylation sites is 3. The summed E-state index contributed by atoms with van der Waals surface area (Å²) in [6.07, 6.45) is 1.27. The minimum atomic E-state index is -0.520. The number of nitro groups is 1. The Morgan fingerprint density at radius 2 is 1.62 bits per heavy atom. The van der Waals surface area contributed by atoms with Gasteiger partial charge in [0.15, 0.2) is 0 Å². The van der Waals surface area contributed by atoms with Crippen LogP contribution in [0.2, 0.25) is 0 Å². The average Bonchev–Trinajstić information content (AvgIpc) is 2.75. The van der Waals surface area contributed by atoms with Gasteiger partial charge in [0.2, 0.25) is 0 Å². The van der Waals surface area contributed by atoms with E-state index in [1.54, 1.807) is 12.1 Å². The molecule has 0 fully saturated rings. The summed E-state index contributed by atoms with van der Waals surface area (Å²) in [5.41, 5.74) is 1.86. The van der Waals surface area contributed by atoms with Crippen LogP contribution >= 0.6 is 0 Å². The lowest BCUT2D eigenvalue weighted by molar-refractivity contribution is -0.384. The van der Waals surface area contributed by atoms with E-state index in [0.717, 1.165) is 0 Å². The van der Waals surface area contributed by atoms with Crippen molar-refractivity contribution >= 4 is 28.6 Å². The van der Waals surface area contributed by atoms with Gasteiger partial charge in [-0.3, -0.25) is 19.5 Å². The molecule has 142 valence electrons. The minimum absolute atomic E-state index is 0.0587.